The minimum absolute atomic E-state index is 0.112. The van der Waals surface area contributed by atoms with Gasteiger partial charge in [0, 0.05) is 11.8 Å². The molecule has 11 heavy (non-hydrogen) atoms. The van der Waals surface area contributed by atoms with E-state index in [1.165, 1.54) is 19.3 Å². The second kappa shape index (κ2) is 1.71. The molecule has 3 rings (SSSR count). The molecule has 3 heteroatoms. The SMILES string of the molecule is O=C1OC2C3CCC(C3)C2O1. The summed E-state index contributed by atoms with van der Waals surface area (Å²) in [5, 5.41) is 0. The van der Waals surface area contributed by atoms with Crippen LogP contribution < -0.4 is 0 Å². The number of carbonyl (C=O) groups excluding carboxylic acids is 1. The molecular weight excluding hydrogens is 144 g/mol. The minimum atomic E-state index is -0.448. The van der Waals surface area contributed by atoms with Gasteiger partial charge < -0.3 is 9.47 Å². The number of hydrogen-bond acceptors (Lipinski definition) is 3. The van der Waals surface area contributed by atoms with Gasteiger partial charge in [-0.05, 0) is 19.3 Å². The Bertz CT molecular complexity index is 193. The van der Waals surface area contributed by atoms with Crippen LogP contribution in [0.1, 0.15) is 19.3 Å². The van der Waals surface area contributed by atoms with Crippen LogP contribution in [0.3, 0.4) is 0 Å². The van der Waals surface area contributed by atoms with Gasteiger partial charge in [0.05, 0.1) is 0 Å². The fraction of sp³-hybridized carbons (Fsp3) is 0.875. The van der Waals surface area contributed by atoms with Crippen LogP contribution in [0.15, 0.2) is 0 Å². The van der Waals surface area contributed by atoms with Gasteiger partial charge in [0.15, 0.2) is 0 Å². The summed E-state index contributed by atoms with van der Waals surface area (Å²) in [6.45, 7) is 0. The molecule has 0 aromatic heterocycles. The summed E-state index contributed by atoms with van der Waals surface area (Å²) in [7, 11) is 0. The standard InChI is InChI=1S/C8H10O3/c9-8-10-6-4-1-2-5(3-4)7(6)11-8/h4-7H,1-3H2. The molecule has 0 N–H and O–H groups in total. The van der Waals surface area contributed by atoms with E-state index >= 15 is 0 Å². The van der Waals surface area contributed by atoms with Crippen molar-refractivity contribution in [1.82, 2.24) is 0 Å². The number of fused-ring (bicyclic) bond motifs is 5. The third kappa shape index (κ3) is 0.613. The summed E-state index contributed by atoms with van der Waals surface area (Å²) in [4.78, 5) is 10.7. The van der Waals surface area contributed by atoms with Crippen LogP contribution in [-0.4, -0.2) is 18.4 Å². The average Bonchev–Trinajstić information content (AvgIpc) is 2.53. The maximum atomic E-state index is 10.7. The van der Waals surface area contributed by atoms with E-state index in [-0.39, 0.29) is 12.2 Å². The second-order valence-electron chi connectivity index (χ2n) is 3.75. The van der Waals surface area contributed by atoms with Gasteiger partial charge in [0.25, 0.3) is 0 Å². The second-order valence-corrected chi connectivity index (χ2v) is 3.75. The molecule has 0 radical (unpaired) electrons. The Balaban J connectivity index is 1.92. The fourth-order valence-electron chi connectivity index (χ4n) is 2.76. The number of carbonyl (C=O) groups is 1. The van der Waals surface area contributed by atoms with Crippen molar-refractivity contribution < 1.29 is 14.3 Å². The van der Waals surface area contributed by atoms with Gasteiger partial charge >= 0.3 is 6.16 Å². The summed E-state index contributed by atoms with van der Waals surface area (Å²) in [6, 6.07) is 0. The Morgan fingerprint density at radius 2 is 1.64 bits per heavy atom. The molecule has 2 aliphatic carbocycles. The van der Waals surface area contributed by atoms with Crippen LogP contribution in [-0.2, 0) is 9.47 Å². The quantitative estimate of drug-likeness (QED) is 0.493. The number of hydrogen-bond donors (Lipinski definition) is 0. The Hall–Kier alpha value is -0.730. The number of rotatable bonds is 0. The van der Waals surface area contributed by atoms with Crippen LogP contribution >= 0.6 is 0 Å². The van der Waals surface area contributed by atoms with Crippen molar-refractivity contribution in [3.8, 4) is 0 Å². The summed E-state index contributed by atoms with van der Waals surface area (Å²) < 4.78 is 10.1. The zero-order chi connectivity index (χ0) is 7.42. The monoisotopic (exact) mass is 154 g/mol. The van der Waals surface area contributed by atoms with Gasteiger partial charge in [-0.2, -0.15) is 0 Å². The van der Waals surface area contributed by atoms with Crippen molar-refractivity contribution in [2.75, 3.05) is 0 Å². The first-order valence-electron chi connectivity index (χ1n) is 4.22. The number of ether oxygens (including phenoxy) is 2. The lowest BCUT2D eigenvalue weighted by molar-refractivity contribution is 0.100. The van der Waals surface area contributed by atoms with Gasteiger partial charge in [-0.3, -0.25) is 0 Å². The van der Waals surface area contributed by atoms with Crippen molar-refractivity contribution in [2.24, 2.45) is 11.8 Å². The minimum Gasteiger partial charge on any atom is -0.427 e. The Morgan fingerprint density at radius 1 is 1.09 bits per heavy atom. The van der Waals surface area contributed by atoms with E-state index in [2.05, 4.69) is 0 Å². The molecule has 3 nitrogen and oxygen atoms in total. The average molecular weight is 154 g/mol. The highest BCUT2D eigenvalue weighted by Gasteiger charge is 2.55. The molecule has 4 unspecified atom stereocenters. The smallest absolute Gasteiger partial charge is 0.427 e. The molecule has 0 aromatic rings. The summed E-state index contributed by atoms with van der Waals surface area (Å²) in [5.41, 5.74) is 0. The first-order chi connectivity index (χ1) is 5.34. The van der Waals surface area contributed by atoms with Crippen molar-refractivity contribution in [2.45, 2.75) is 31.5 Å². The van der Waals surface area contributed by atoms with Crippen molar-refractivity contribution >= 4 is 6.16 Å². The first kappa shape index (κ1) is 5.86. The van der Waals surface area contributed by atoms with Gasteiger partial charge in [0.1, 0.15) is 12.2 Å². The van der Waals surface area contributed by atoms with Crippen molar-refractivity contribution in [1.29, 1.82) is 0 Å². The molecule has 1 heterocycles. The molecule has 3 fully saturated rings. The van der Waals surface area contributed by atoms with Gasteiger partial charge in [-0.25, -0.2) is 4.79 Å². The molecular formula is C8H10O3. The highest BCUT2D eigenvalue weighted by Crippen LogP contribution is 2.49. The highest BCUT2D eigenvalue weighted by atomic mass is 16.8. The maximum absolute atomic E-state index is 10.7. The summed E-state index contributed by atoms with van der Waals surface area (Å²) >= 11 is 0. The van der Waals surface area contributed by atoms with E-state index in [1.807, 2.05) is 0 Å². The van der Waals surface area contributed by atoms with Crippen LogP contribution in [0, 0.1) is 11.8 Å². The topological polar surface area (TPSA) is 35.5 Å². The molecule has 1 aliphatic heterocycles. The lowest BCUT2D eigenvalue weighted by atomic mass is 9.95. The molecule has 3 aliphatic rings. The van der Waals surface area contributed by atoms with E-state index in [4.69, 9.17) is 9.47 Å². The van der Waals surface area contributed by atoms with Crippen LogP contribution in [0.25, 0.3) is 0 Å². The Kier molecular flexibility index (Phi) is 0.910. The predicted molar refractivity (Wildman–Crippen MR) is 36.0 cm³/mol. The maximum Gasteiger partial charge on any atom is 0.509 e. The Labute approximate surface area is 64.7 Å². The molecule has 1 saturated heterocycles. The fourth-order valence-corrected chi connectivity index (χ4v) is 2.76. The highest BCUT2D eigenvalue weighted by molar-refractivity contribution is 5.63. The normalized spacial score (nSPS) is 52.2. The van der Waals surface area contributed by atoms with Gasteiger partial charge in [-0.15, -0.1) is 0 Å². The van der Waals surface area contributed by atoms with Crippen molar-refractivity contribution in [3.63, 3.8) is 0 Å². The van der Waals surface area contributed by atoms with Crippen LogP contribution in [0.4, 0.5) is 4.79 Å². The summed E-state index contributed by atoms with van der Waals surface area (Å²) in [6.07, 6.45) is 3.44. The Morgan fingerprint density at radius 3 is 2.18 bits per heavy atom. The molecule has 2 bridgehead atoms. The predicted octanol–water partition coefficient (Wildman–Crippen LogP) is 1.32. The van der Waals surface area contributed by atoms with Crippen LogP contribution in [0.5, 0.6) is 0 Å². The summed E-state index contributed by atoms with van der Waals surface area (Å²) in [5.74, 6) is 1.22. The van der Waals surface area contributed by atoms with E-state index in [1.54, 1.807) is 0 Å². The van der Waals surface area contributed by atoms with E-state index in [0.717, 1.165) is 0 Å². The third-order valence-corrected chi connectivity index (χ3v) is 3.23. The van der Waals surface area contributed by atoms with Crippen molar-refractivity contribution in [3.05, 3.63) is 0 Å². The molecule has 2 saturated carbocycles. The lowest BCUT2D eigenvalue weighted by Gasteiger charge is -2.19. The zero-order valence-electron chi connectivity index (χ0n) is 6.16. The molecule has 60 valence electrons. The van der Waals surface area contributed by atoms with Gasteiger partial charge in [-0.1, -0.05) is 0 Å². The lowest BCUT2D eigenvalue weighted by Crippen LogP contribution is -2.28. The third-order valence-electron chi connectivity index (χ3n) is 3.23. The molecule has 4 atom stereocenters. The van der Waals surface area contributed by atoms with Gasteiger partial charge in [0.2, 0.25) is 0 Å². The zero-order valence-corrected chi connectivity index (χ0v) is 6.16. The van der Waals surface area contributed by atoms with E-state index < -0.39 is 6.16 Å². The van der Waals surface area contributed by atoms with E-state index in [0.29, 0.717) is 11.8 Å². The van der Waals surface area contributed by atoms with E-state index in [9.17, 15) is 4.79 Å². The molecule has 0 amide bonds. The largest absolute Gasteiger partial charge is 0.509 e. The van der Waals surface area contributed by atoms with Crippen LogP contribution in [0.2, 0.25) is 0 Å². The molecule has 0 spiro atoms. The molecule has 0 aromatic carbocycles. The first-order valence-corrected chi connectivity index (χ1v) is 4.22.